The Morgan fingerprint density at radius 2 is 1.88 bits per heavy atom. The molecule has 0 heterocycles. The highest BCUT2D eigenvalue weighted by Gasteiger charge is 2.29. The van der Waals surface area contributed by atoms with E-state index in [4.69, 9.17) is 0 Å². The lowest BCUT2D eigenvalue weighted by Gasteiger charge is -2.29. The van der Waals surface area contributed by atoms with Crippen LogP contribution >= 0.6 is 0 Å². The number of ketones is 1. The van der Waals surface area contributed by atoms with E-state index in [2.05, 4.69) is 38.1 Å². The fraction of sp³-hybridized carbons (Fsp3) is 0.562. The summed E-state index contributed by atoms with van der Waals surface area (Å²) in [5, 5.41) is 0. The molecule has 0 bridgehead atoms. The van der Waals surface area contributed by atoms with Gasteiger partial charge in [0.2, 0.25) is 0 Å². The van der Waals surface area contributed by atoms with Crippen molar-refractivity contribution in [1.82, 2.24) is 0 Å². The third-order valence-electron chi connectivity index (χ3n) is 4.07. The van der Waals surface area contributed by atoms with Crippen LogP contribution in [-0.4, -0.2) is 5.78 Å². The molecule has 1 heteroatoms. The van der Waals surface area contributed by atoms with Crippen LogP contribution in [0.1, 0.15) is 38.7 Å². The molecule has 1 aromatic rings. The van der Waals surface area contributed by atoms with Gasteiger partial charge in [0.15, 0.2) is 0 Å². The minimum atomic E-state index is 0.271. The molecule has 0 spiro atoms. The summed E-state index contributed by atoms with van der Waals surface area (Å²) in [4.78, 5) is 12.1. The maximum absolute atomic E-state index is 12.1. The van der Waals surface area contributed by atoms with Crippen molar-refractivity contribution in [2.45, 2.75) is 39.5 Å². The largest absolute Gasteiger partial charge is 0.299 e. The molecule has 0 N–H and O–H groups in total. The minimum absolute atomic E-state index is 0.271. The topological polar surface area (TPSA) is 17.1 Å². The van der Waals surface area contributed by atoms with Gasteiger partial charge in [-0.2, -0.15) is 0 Å². The van der Waals surface area contributed by atoms with Crippen molar-refractivity contribution in [3.8, 4) is 0 Å². The third-order valence-corrected chi connectivity index (χ3v) is 4.07. The van der Waals surface area contributed by atoms with Gasteiger partial charge in [-0.3, -0.25) is 4.79 Å². The first-order valence-electron chi connectivity index (χ1n) is 6.73. The molecule has 2 rings (SSSR count). The van der Waals surface area contributed by atoms with Crippen LogP contribution in [0.25, 0.3) is 0 Å². The Kier molecular flexibility index (Phi) is 3.98. The quantitative estimate of drug-likeness (QED) is 0.770. The van der Waals surface area contributed by atoms with Crippen LogP contribution in [0.5, 0.6) is 0 Å². The van der Waals surface area contributed by atoms with Gasteiger partial charge in [0, 0.05) is 12.3 Å². The third kappa shape index (κ3) is 3.18. The lowest BCUT2D eigenvalue weighted by Crippen LogP contribution is -2.28. The molecule has 0 unspecified atom stereocenters. The van der Waals surface area contributed by atoms with Crippen molar-refractivity contribution < 1.29 is 4.79 Å². The fourth-order valence-electron chi connectivity index (χ4n) is 2.79. The van der Waals surface area contributed by atoms with Crippen molar-refractivity contribution in [2.24, 2.45) is 17.8 Å². The van der Waals surface area contributed by atoms with Gasteiger partial charge in [-0.25, -0.2) is 0 Å². The molecule has 1 aliphatic rings. The Morgan fingerprint density at radius 1 is 1.18 bits per heavy atom. The minimum Gasteiger partial charge on any atom is -0.299 e. The van der Waals surface area contributed by atoms with Crippen LogP contribution in [0.15, 0.2) is 30.3 Å². The average Bonchev–Trinajstić information content (AvgIpc) is 2.33. The van der Waals surface area contributed by atoms with Gasteiger partial charge in [0.1, 0.15) is 5.78 Å². The van der Waals surface area contributed by atoms with E-state index in [9.17, 15) is 4.79 Å². The molecule has 0 aliphatic heterocycles. The van der Waals surface area contributed by atoms with Crippen LogP contribution in [0.2, 0.25) is 0 Å². The van der Waals surface area contributed by atoms with E-state index < -0.39 is 0 Å². The van der Waals surface area contributed by atoms with Crippen molar-refractivity contribution in [2.75, 3.05) is 0 Å². The second kappa shape index (κ2) is 5.48. The maximum atomic E-state index is 12.1. The normalized spacial score (nSPS) is 25.2. The summed E-state index contributed by atoms with van der Waals surface area (Å²) in [6.07, 6.45) is 4.04. The summed E-state index contributed by atoms with van der Waals surface area (Å²) < 4.78 is 0. The second-order valence-corrected chi connectivity index (χ2v) is 5.64. The summed E-state index contributed by atoms with van der Waals surface area (Å²) in [5.74, 6) is 2.03. The van der Waals surface area contributed by atoms with Crippen LogP contribution in [0.4, 0.5) is 0 Å². The lowest BCUT2D eigenvalue weighted by molar-refractivity contribution is -0.126. The highest BCUT2D eigenvalue weighted by molar-refractivity contribution is 5.82. The monoisotopic (exact) mass is 230 g/mol. The van der Waals surface area contributed by atoms with Crippen molar-refractivity contribution >= 4 is 5.78 Å². The van der Waals surface area contributed by atoms with Crippen molar-refractivity contribution in [3.63, 3.8) is 0 Å². The zero-order valence-corrected chi connectivity index (χ0v) is 10.9. The molecule has 0 aromatic heterocycles. The Morgan fingerprint density at radius 3 is 2.47 bits per heavy atom. The molecule has 1 fully saturated rings. The number of carbonyl (C=O) groups excluding carboxylic acids is 1. The van der Waals surface area contributed by atoms with Gasteiger partial charge in [-0.1, -0.05) is 44.2 Å². The van der Waals surface area contributed by atoms with E-state index in [1.165, 1.54) is 12.0 Å². The van der Waals surface area contributed by atoms with Crippen molar-refractivity contribution in [3.05, 3.63) is 35.9 Å². The van der Waals surface area contributed by atoms with E-state index in [1.54, 1.807) is 0 Å². The molecule has 0 amide bonds. The smallest absolute Gasteiger partial charge is 0.136 e. The SMILES string of the molecule is CC(C)[C@H]1CC[C@@H](Cc2ccccc2)C(=O)C1. The summed E-state index contributed by atoms with van der Waals surface area (Å²) in [6, 6.07) is 10.4. The Balaban J connectivity index is 1.94. The van der Waals surface area contributed by atoms with Gasteiger partial charge >= 0.3 is 0 Å². The standard InChI is InChI=1S/C16H22O/c1-12(2)14-8-9-15(16(17)11-14)10-13-6-4-3-5-7-13/h3-7,12,14-15H,8-11H2,1-2H3/t14-,15-/m0/s1. The average molecular weight is 230 g/mol. The van der Waals surface area contributed by atoms with E-state index >= 15 is 0 Å². The van der Waals surface area contributed by atoms with Crippen LogP contribution in [0, 0.1) is 17.8 Å². The van der Waals surface area contributed by atoms with Gasteiger partial charge in [0.05, 0.1) is 0 Å². The number of benzene rings is 1. The molecule has 0 radical (unpaired) electrons. The highest BCUT2D eigenvalue weighted by atomic mass is 16.1. The first-order valence-corrected chi connectivity index (χ1v) is 6.73. The molecule has 0 saturated heterocycles. The van der Waals surface area contributed by atoms with E-state index in [0.717, 1.165) is 19.3 Å². The highest BCUT2D eigenvalue weighted by Crippen LogP contribution is 2.32. The van der Waals surface area contributed by atoms with Gasteiger partial charge in [-0.15, -0.1) is 0 Å². The molecule has 2 atom stereocenters. The number of carbonyl (C=O) groups is 1. The summed E-state index contributed by atoms with van der Waals surface area (Å²) >= 11 is 0. The number of hydrogen-bond acceptors (Lipinski definition) is 1. The van der Waals surface area contributed by atoms with Crippen LogP contribution < -0.4 is 0 Å². The zero-order valence-electron chi connectivity index (χ0n) is 10.9. The summed E-state index contributed by atoms with van der Waals surface area (Å²) in [5.41, 5.74) is 1.30. The Hall–Kier alpha value is -1.11. The zero-order chi connectivity index (χ0) is 12.3. The lowest BCUT2D eigenvalue weighted by atomic mass is 9.74. The predicted octanol–water partition coefficient (Wildman–Crippen LogP) is 3.87. The predicted molar refractivity (Wildman–Crippen MR) is 70.8 cm³/mol. The Labute approximate surface area is 104 Å². The molecular weight excluding hydrogens is 208 g/mol. The van der Waals surface area contributed by atoms with E-state index in [1.807, 2.05) is 6.07 Å². The Bertz CT molecular complexity index is 366. The molecule has 1 aliphatic carbocycles. The second-order valence-electron chi connectivity index (χ2n) is 5.64. The molecule has 92 valence electrons. The van der Waals surface area contributed by atoms with Gasteiger partial charge in [-0.05, 0) is 36.7 Å². The molecule has 17 heavy (non-hydrogen) atoms. The van der Waals surface area contributed by atoms with E-state index in [0.29, 0.717) is 17.6 Å². The van der Waals surface area contributed by atoms with Gasteiger partial charge in [0.25, 0.3) is 0 Å². The van der Waals surface area contributed by atoms with Crippen LogP contribution in [-0.2, 0) is 11.2 Å². The maximum Gasteiger partial charge on any atom is 0.136 e. The number of rotatable bonds is 3. The van der Waals surface area contributed by atoms with Crippen LogP contribution in [0.3, 0.4) is 0 Å². The molecule has 1 saturated carbocycles. The fourth-order valence-corrected chi connectivity index (χ4v) is 2.79. The van der Waals surface area contributed by atoms with E-state index in [-0.39, 0.29) is 5.92 Å². The summed E-state index contributed by atoms with van der Waals surface area (Å²) in [7, 11) is 0. The van der Waals surface area contributed by atoms with Crippen molar-refractivity contribution in [1.29, 1.82) is 0 Å². The number of hydrogen-bond donors (Lipinski definition) is 0. The van der Waals surface area contributed by atoms with Gasteiger partial charge < -0.3 is 0 Å². The number of Topliss-reactive ketones (excluding diaryl/α,β-unsaturated/α-hetero) is 1. The molecule has 1 nitrogen and oxygen atoms in total. The molecule has 1 aromatic carbocycles. The first-order chi connectivity index (χ1) is 8.16. The molecular formula is C16H22O. The first kappa shape index (κ1) is 12.3. The summed E-state index contributed by atoms with van der Waals surface area (Å²) in [6.45, 7) is 4.46.